The molecule has 0 aromatic carbocycles. The van der Waals surface area contributed by atoms with Crippen molar-refractivity contribution in [2.75, 3.05) is 13.2 Å². The largest absolute Gasteiger partial charge is 0.466 e. The van der Waals surface area contributed by atoms with Gasteiger partial charge < -0.3 is 20.3 Å². The van der Waals surface area contributed by atoms with Gasteiger partial charge in [-0.2, -0.15) is 0 Å². The van der Waals surface area contributed by atoms with Crippen LogP contribution in [0, 0.1) is 0 Å². The predicted molar refractivity (Wildman–Crippen MR) is 232 cm³/mol. The number of aliphatic hydroxyl groups excluding tert-OH is 2. The predicted octanol–water partition coefficient (Wildman–Crippen LogP) is 13.3. The third kappa shape index (κ3) is 39.8. The summed E-state index contributed by atoms with van der Waals surface area (Å²) in [6.45, 7) is 4.81. The highest BCUT2D eigenvalue weighted by Crippen LogP contribution is 2.14. The van der Waals surface area contributed by atoms with E-state index < -0.39 is 12.1 Å². The molecule has 0 aliphatic carbocycles. The SMILES string of the molecule is CCCCCCCCCCCCC/C=C/C(O)C(CO)NC(=O)CC/C=C\C/C=C\CCCCCCCCOC(=O)CCCCCCCCCCCCC. The number of unbranched alkanes of at least 4 members (excludes halogenated alkanes) is 27. The summed E-state index contributed by atoms with van der Waals surface area (Å²) < 4.78 is 5.42. The summed E-state index contributed by atoms with van der Waals surface area (Å²) in [5, 5.41) is 22.9. The number of carbonyl (C=O) groups is 2. The van der Waals surface area contributed by atoms with E-state index in [1.807, 2.05) is 12.2 Å². The zero-order valence-corrected chi connectivity index (χ0v) is 35.7. The van der Waals surface area contributed by atoms with Crippen molar-refractivity contribution >= 4 is 11.9 Å². The van der Waals surface area contributed by atoms with Crippen LogP contribution in [0.15, 0.2) is 36.5 Å². The molecule has 54 heavy (non-hydrogen) atoms. The first-order valence-corrected chi connectivity index (χ1v) is 23.3. The minimum atomic E-state index is -0.877. The monoisotopic (exact) mass is 760 g/mol. The molecule has 6 nitrogen and oxygen atoms in total. The second-order valence-electron chi connectivity index (χ2n) is 15.7. The van der Waals surface area contributed by atoms with Crippen LogP contribution >= 0.6 is 0 Å². The van der Waals surface area contributed by atoms with Crippen molar-refractivity contribution in [1.82, 2.24) is 5.32 Å². The van der Waals surface area contributed by atoms with Crippen LogP contribution in [0.4, 0.5) is 0 Å². The maximum absolute atomic E-state index is 12.3. The highest BCUT2D eigenvalue weighted by molar-refractivity contribution is 5.76. The van der Waals surface area contributed by atoms with Gasteiger partial charge in [0.25, 0.3) is 0 Å². The lowest BCUT2D eigenvalue weighted by molar-refractivity contribution is -0.143. The summed E-state index contributed by atoms with van der Waals surface area (Å²) in [6.07, 6.45) is 51.4. The van der Waals surface area contributed by atoms with E-state index in [2.05, 4.69) is 37.4 Å². The van der Waals surface area contributed by atoms with Gasteiger partial charge in [0.2, 0.25) is 5.91 Å². The summed E-state index contributed by atoms with van der Waals surface area (Å²) in [4.78, 5) is 24.3. The number of rotatable bonds is 42. The Labute approximate surface area is 334 Å². The Bertz CT molecular complexity index is 884. The first-order chi connectivity index (χ1) is 26.5. The molecule has 0 radical (unpaired) electrons. The van der Waals surface area contributed by atoms with Crippen LogP contribution in [0.5, 0.6) is 0 Å². The number of aliphatic hydroxyl groups is 2. The molecule has 6 heteroatoms. The van der Waals surface area contributed by atoms with E-state index in [9.17, 15) is 19.8 Å². The Balaban J connectivity index is 3.61. The van der Waals surface area contributed by atoms with E-state index in [4.69, 9.17) is 4.74 Å². The van der Waals surface area contributed by atoms with Gasteiger partial charge >= 0.3 is 5.97 Å². The number of allylic oxidation sites excluding steroid dienone is 5. The van der Waals surface area contributed by atoms with Crippen molar-refractivity contribution in [1.29, 1.82) is 0 Å². The number of nitrogens with one attached hydrogen (secondary N) is 1. The third-order valence-electron chi connectivity index (χ3n) is 10.4. The molecule has 0 aliphatic rings. The minimum Gasteiger partial charge on any atom is -0.466 e. The van der Waals surface area contributed by atoms with Gasteiger partial charge in [0, 0.05) is 12.8 Å². The molecule has 3 N–H and O–H groups in total. The number of ether oxygens (including phenoxy) is 1. The van der Waals surface area contributed by atoms with Crippen molar-refractivity contribution in [2.45, 2.75) is 244 Å². The van der Waals surface area contributed by atoms with Gasteiger partial charge in [-0.3, -0.25) is 9.59 Å². The maximum Gasteiger partial charge on any atom is 0.305 e. The molecule has 0 bridgehead atoms. The molecule has 0 aromatic rings. The van der Waals surface area contributed by atoms with Gasteiger partial charge in [0.1, 0.15) is 0 Å². The van der Waals surface area contributed by atoms with Crippen molar-refractivity contribution in [3.63, 3.8) is 0 Å². The van der Waals surface area contributed by atoms with Crippen LogP contribution in [0.25, 0.3) is 0 Å². The molecule has 0 aliphatic heterocycles. The summed E-state index contributed by atoms with van der Waals surface area (Å²) in [7, 11) is 0. The van der Waals surface area contributed by atoms with E-state index in [1.165, 1.54) is 148 Å². The lowest BCUT2D eigenvalue weighted by Crippen LogP contribution is -2.45. The zero-order chi connectivity index (χ0) is 39.4. The molecule has 0 aromatic heterocycles. The minimum absolute atomic E-state index is 0.0198. The van der Waals surface area contributed by atoms with E-state index in [0.717, 1.165) is 51.4 Å². The molecule has 0 fully saturated rings. The number of esters is 1. The Hall–Kier alpha value is -1.92. The van der Waals surface area contributed by atoms with Gasteiger partial charge in [-0.05, 0) is 51.4 Å². The molecule has 0 spiro atoms. The van der Waals surface area contributed by atoms with E-state index in [-0.39, 0.29) is 18.5 Å². The number of hydrogen-bond donors (Lipinski definition) is 3. The van der Waals surface area contributed by atoms with Crippen molar-refractivity contribution in [3.05, 3.63) is 36.5 Å². The van der Waals surface area contributed by atoms with Crippen LogP contribution in [-0.2, 0) is 14.3 Å². The van der Waals surface area contributed by atoms with Crippen molar-refractivity contribution in [3.8, 4) is 0 Å². The zero-order valence-electron chi connectivity index (χ0n) is 35.7. The molecule has 1 amide bonds. The quantitative estimate of drug-likeness (QED) is 0.0327. The van der Waals surface area contributed by atoms with E-state index in [1.54, 1.807) is 6.08 Å². The number of amides is 1. The standard InChI is InChI=1S/C48H89NO5/c1-3-5-7-9-11-13-15-17-21-24-28-32-36-40-46(51)45(44-50)49-47(52)41-37-33-29-25-22-18-16-19-23-27-31-35-39-43-54-48(53)42-38-34-30-26-20-14-12-10-8-6-4-2/h18,22,29,33,36,40,45-46,50-51H,3-17,19-21,23-28,30-32,34-35,37-39,41-44H2,1-2H3,(H,49,52)/b22-18-,33-29-,40-36+. The smallest absolute Gasteiger partial charge is 0.305 e. The fraction of sp³-hybridized carbons (Fsp3) is 0.833. The highest BCUT2D eigenvalue weighted by Gasteiger charge is 2.17. The van der Waals surface area contributed by atoms with Crippen LogP contribution in [-0.4, -0.2) is 47.4 Å². The molecular weight excluding hydrogens is 671 g/mol. The van der Waals surface area contributed by atoms with E-state index >= 15 is 0 Å². The van der Waals surface area contributed by atoms with Crippen molar-refractivity contribution in [2.24, 2.45) is 0 Å². The first-order valence-electron chi connectivity index (χ1n) is 23.3. The first kappa shape index (κ1) is 52.1. The molecule has 0 heterocycles. The van der Waals surface area contributed by atoms with Crippen LogP contribution in [0.1, 0.15) is 232 Å². The third-order valence-corrected chi connectivity index (χ3v) is 10.4. The molecule has 2 unspecified atom stereocenters. The lowest BCUT2D eigenvalue weighted by Gasteiger charge is -2.19. The maximum atomic E-state index is 12.3. The average molecular weight is 760 g/mol. The van der Waals surface area contributed by atoms with Gasteiger partial charge in [0.15, 0.2) is 0 Å². The van der Waals surface area contributed by atoms with Crippen LogP contribution in [0.2, 0.25) is 0 Å². The fourth-order valence-corrected chi connectivity index (χ4v) is 6.80. The fourth-order valence-electron chi connectivity index (χ4n) is 6.80. The molecule has 0 rings (SSSR count). The molecular formula is C48H89NO5. The summed E-state index contributed by atoms with van der Waals surface area (Å²) in [5.74, 6) is -0.170. The van der Waals surface area contributed by atoms with Crippen LogP contribution < -0.4 is 5.32 Å². The second-order valence-corrected chi connectivity index (χ2v) is 15.7. The normalized spacial score (nSPS) is 13.0. The second kappa shape index (κ2) is 43.8. The number of carbonyl (C=O) groups excluding carboxylic acids is 2. The summed E-state index contributed by atoms with van der Waals surface area (Å²) in [6, 6.07) is -0.670. The van der Waals surface area contributed by atoms with Gasteiger partial charge in [-0.25, -0.2) is 0 Å². The lowest BCUT2D eigenvalue weighted by atomic mass is 10.0. The summed E-state index contributed by atoms with van der Waals surface area (Å²) in [5.41, 5.74) is 0. The topological polar surface area (TPSA) is 95.9 Å². The Kier molecular flexibility index (Phi) is 42.2. The van der Waals surface area contributed by atoms with Gasteiger partial charge in [0.05, 0.1) is 25.4 Å². The van der Waals surface area contributed by atoms with Crippen LogP contribution in [0.3, 0.4) is 0 Å². The van der Waals surface area contributed by atoms with Gasteiger partial charge in [-0.15, -0.1) is 0 Å². The Morgan fingerprint density at radius 2 is 0.944 bits per heavy atom. The summed E-state index contributed by atoms with van der Waals surface area (Å²) >= 11 is 0. The molecule has 2 atom stereocenters. The van der Waals surface area contributed by atoms with Gasteiger partial charge in [-0.1, -0.05) is 204 Å². The highest BCUT2D eigenvalue weighted by atomic mass is 16.5. The van der Waals surface area contributed by atoms with E-state index in [0.29, 0.717) is 25.9 Å². The Morgan fingerprint density at radius 3 is 1.44 bits per heavy atom. The van der Waals surface area contributed by atoms with Crippen molar-refractivity contribution < 1.29 is 24.5 Å². The Morgan fingerprint density at radius 1 is 0.519 bits per heavy atom. The molecule has 0 saturated carbocycles. The molecule has 316 valence electrons. The number of hydrogen-bond acceptors (Lipinski definition) is 5. The average Bonchev–Trinajstić information content (AvgIpc) is 3.17. The molecule has 0 saturated heterocycles.